The van der Waals surface area contributed by atoms with Crippen LogP contribution in [0.3, 0.4) is 0 Å². The van der Waals surface area contributed by atoms with Gasteiger partial charge in [0.2, 0.25) is 0 Å². The number of para-hydroxylation sites is 2. The van der Waals surface area contributed by atoms with Crippen molar-refractivity contribution in [3.63, 3.8) is 0 Å². The molecule has 9 heteroatoms. The van der Waals surface area contributed by atoms with Crippen LogP contribution in [-0.2, 0) is 19.0 Å². The number of methoxy groups -OCH3 is 1. The number of fused-ring (bicyclic) bond motifs is 2. The first kappa shape index (κ1) is 28.7. The summed E-state index contributed by atoms with van der Waals surface area (Å²) in [6, 6.07) is 13.4. The fraction of sp³-hybridized carbons (Fsp3) is 0.429. The second-order valence-electron chi connectivity index (χ2n) is 8.43. The van der Waals surface area contributed by atoms with Crippen LogP contribution in [0.25, 0.3) is 0 Å². The molecule has 0 bridgehead atoms. The van der Waals surface area contributed by atoms with Crippen LogP contribution < -0.4 is 15.1 Å². The lowest BCUT2D eigenvalue weighted by Gasteiger charge is -2.27. The van der Waals surface area contributed by atoms with Gasteiger partial charge in [0, 0.05) is 37.8 Å². The highest BCUT2D eigenvalue weighted by Crippen LogP contribution is 2.41. The van der Waals surface area contributed by atoms with Gasteiger partial charge in [0.15, 0.2) is 0 Å². The predicted octanol–water partition coefficient (Wildman–Crippen LogP) is 4.59. The zero-order valence-electron chi connectivity index (χ0n) is 21.6. The first-order valence-electron chi connectivity index (χ1n) is 12.7. The average Bonchev–Trinajstić information content (AvgIpc) is 2.98. The number of halogens is 1. The Hall–Kier alpha value is -2.91. The Bertz CT molecular complexity index is 1060. The van der Waals surface area contributed by atoms with Crippen LogP contribution >= 0.6 is 11.6 Å². The molecule has 0 aliphatic carbocycles. The van der Waals surface area contributed by atoms with Crippen LogP contribution in [-0.4, -0.2) is 71.6 Å². The average molecular weight is 530 g/mol. The summed E-state index contributed by atoms with van der Waals surface area (Å²) < 4.78 is 15.6. The number of amides is 1. The zero-order chi connectivity index (χ0) is 26.5. The maximum absolute atomic E-state index is 13.7. The summed E-state index contributed by atoms with van der Waals surface area (Å²) in [5, 5.41) is 3.90. The minimum absolute atomic E-state index is 0.0768. The van der Waals surface area contributed by atoms with Gasteiger partial charge in [0.1, 0.15) is 0 Å². The lowest BCUT2D eigenvalue weighted by atomic mass is 10.1. The van der Waals surface area contributed by atoms with E-state index in [4.69, 9.17) is 25.8 Å². The Morgan fingerprint density at radius 3 is 2.54 bits per heavy atom. The van der Waals surface area contributed by atoms with Crippen molar-refractivity contribution in [2.45, 2.75) is 19.8 Å². The topological polar surface area (TPSA) is 80.3 Å². The molecule has 1 amide bonds. The number of nitrogens with zero attached hydrogens (tertiary/aromatic N) is 2. The number of benzene rings is 2. The van der Waals surface area contributed by atoms with Gasteiger partial charge in [-0.2, -0.15) is 0 Å². The summed E-state index contributed by atoms with van der Waals surface area (Å²) >= 11 is 6.38. The molecule has 0 fully saturated rings. The molecular weight excluding hydrogens is 494 g/mol. The summed E-state index contributed by atoms with van der Waals surface area (Å²) in [6.45, 7) is 6.09. The standard InChI is InChI=1S/C28H36ClN3O5/c1-3-37-27(33)11-8-15-30-14-6-7-16-31-24-9-4-5-10-25(24)32(17-18-36-20-19-35-2)28(34)23-13-12-22(29)21-26(23)31/h4-5,8-13,21,30H,3,6-7,14-20H2,1-2H3/b11-8+. The minimum atomic E-state index is -0.327. The molecule has 1 aliphatic heterocycles. The normalized spacial score (nSPS) is 13.0. The van der Waals surface area contributed by atoms with E-state index < -0.39 is 0 Å². The van der Waals surface area contributed by atoms with Crippen molar-refractivity contribution in [3.05, 3.63) is 65.2 Å². The van der Waals surface area contributed by atoms with E-state index >= 15 is 0 Å². The molecule has 1 aliphatic rings. The number of unbranched alkanes of at least 4 members (excludes halogenated alkanes) is 1. The van der Waals surface area contributed by atoms with E-state index in [2.05, 4.69) is 10.2 Å². The minimum Gasteiger partial charge on any atom is -0.463 e. The lowest BCUT2D eigenvalue weighted by Crippen LogP contribution is -2.33. The van der Waals surface area contributed by atoms with Crippen LogP contribution in [0.2, 0.25) is 5.02 Å². The highest BCUT2D eigenvalue weighted by molar-refractivity contribution is 6.31. The van der Waals surface area contributed by atoms with Crippen molar-refractivity contribution >= 4 is 40.5 Å². The quantitative estimate of drug-likeness (QED) is 0.205. The molecular formula is C28H36ClN3O5. The van der Waals surface area contributed by atoms with Gasteiger partial charge >= 0.3 is 5.97 Å². The van der Waals surface area contributed by atoms with E-state index in [1.165, 1.54) is 6.08 Å². The zero-order valence-corrected chi connectivity index (χ0v) is 22.3. The third kappa shape index (κ3) is 8.30. The van der Waals surface area contributed by atoms with Gasteiger partial charge in [-0.15, -0.1) is 0 Å². The maximum Gasteiger partial charge on any atom is 0.330 e. The molecule has 1 heterocycles. The van der Waals surface area contributed by atoms with Crippen LogP contribution in [0.15, 0.2) is 54.6 Å². The van der Waals surface area contributed by atoms with Gasteiger partial charge in [-0.1, -0.05) is 29.8 Å². The molecule has 2 aromatic rings. The Balaban J connectivity index is 1.70. The monoisotopic (exact) mass is 529 g/mol. The van der Waals surface area contributed by atoms with E-state index in [0.717, 1.165) is 43.0 Å². The Labute approximate surface area is 224 Å². The molecule has 8 nitrogen and oxygen atoms in total. The van der Waals surface area contributed by atoms with Crippen molar-refractivity contribution in [1.29, 1.82) is 0 Å². The molecule has 0 aromatic heterocycles. The smallest absolute Gasteiger partial charge is 0.330 e. The van der Waals surface area contributed by atoms with E-state index in [0.29, 0.717) is 50.1 Å². The number of hydrogen-bond donors (Lipinski definition) is 1. The Morgan fingerprint density at radius 2 is 1.78 bits per heavy atom. The third-order valence-electron chi connectivity index (χ3n) is 5.87. The van der Waals surface area contributed by atoms with Crippen molar-refractivity contribution in [1.82, 2.24) is 5.32 Å². The molecule has 2 aromatic carbocycles. The van der Waals surface area contributed by atoms with Crippen molar-refractivity contribution in [3.8, 4) is 0 Å². The molecule has 0 spiro atoms. The molecule has 3 rings (SSSR count). The summed E-state index contributed by atoms with van der Waals surface area (Å²) in [5.41, 5.74) is 3.22. The van der Waals surface area contributed by atoms with E-state index in [9.17, 15) is 9.59 Å². The van der Waals surface area contributed by atoms with Crippen LogP contribution in [0.4, 0.5) is 17.1 Å². The number of nitrogens with one attached hydrogen (secondary N) is 1. The van der Waals surface area contributed by atoms with Gasteiger partial charge in [-0.25, -0.2) is 4.79 Å². The highest BCUT2D eigenvalue weighted by atomic mass is 35.5. The number of carbonyl (C=O) groups excluding carboxylic acids is 2. The van der Waals surface area contributed by atoms with Gasteiger partial charge in [-0.05, 0) is 56.6 Å². The van der Waals surface area contributed by atoms with Crippen LogP contribution in [0, 0.1) is 0 Å². The van der Waals surface area contributed by atoms with Gasteiger partial charge in [-0.3, -0.25) is 4.79 Å². The summed E-state index contributed by atoms with van der Waals surface area (Å²) in [4.78, 5) is 29.0. The van der Waals surface area contributed by atoms with Crippen molar-refractivity contribution in [2.75, 3.05) is 69.5 Å². The molecule has 0 saturated heterocycles. The van der Waals surface area contributed by atoms with Crippen LogP contribution in [0.1, 0.15) is 30.1 Å². The first-order chi connectivity index (χ1) is 18.1. The van der Waals surface area contributed by atoms with Crippen LogP contribution in [0.5, 0.6) is 0 Å². The summed E-state index contributed by atoms with van der Waals surface area (Å²) in [6.07, 6.45) is 5.02. The fourth-order valence-electron chi connectivity index (χ4n) is 4.13. The third-order valence-corrected chi connectivity index (χ3v) is 6.10. The molecule has 37 heavy (non-hydrogen) atoms. The fourth-order valence-corrected chi connectivity index (χ4v) is 4.29. The van der Waals surface area contributed by atoms with Crippen molar-refractivity contribution < 1.29 is 23.8 Å². The second kappa shape index (κ2) is 15.4. The molecule has 200 valence electrons. The van der Waals surface area contributed by atoms with Crippen molar-refractivity contribution in [2.24, 2.45) is 0 Å². The van der Waals surface area contributed by atoms with Gasteiger partial charge in [0.05, 0.1) is 49.1 Å². The number of carbonyl (C=O) groups is 2. The molecule has 0 unspecified atom stereocenters. The number of ether oxygens (including phenoxy) is 3. The highest BCUT2D eigenvalue weighted by Gasteiger charge is 2.30. The lowest BCUT2D eigenvalue weighted by molar-refractivity contribution is -0.137. The largest absolute Gasteiger partial charge is 0.463 e. The first-order valence-corrected chi connectivity index (χ1v) is 13.0. The molecule has 0 atom stereocenters. The molecule has 0 radical (unpaired) electrons. The second-order valence-corrected chi connectivity index (χ2v) is 8.87. The number of hydrogen-bond acceptors (Lipinski definition) is 7. The number of esters is 1. The summed E-state index contributed by atoms with van der Waals surface area (Å²) in [5.74, 6) is -0.404. The van der Waals surface area contributed by atoms with E-state index in [-0.39, 0.29) is 11.9 Å². The molecule has 0 saturated carbocycles. The Kier molecular flexibility index (Phi) is 11.9. The summed E-state index contributed by atoms with van der Waals surface area (Å²) in [7, 11) is 1.63. The van der Waals surface area contributed by atoms with Gasteiger partial charge < -0.3 is 29.3 Å². The SMILES string of the molecule is CCOC(=O)/C=C/CNCCCCN1c2cc(Cl)ccc2C(=O)N(CCOCCOC)c2ccccc21. The van der Waals surface area contributed by atoms with E-state index in [1.54, 1.807) is 37.1 Å². The maximum atomic E-state index is 13.7. The number of rotatable bonds is 15. The Morgan fingerprint density at radius 1 is 1.00 bits per heavy atom. The van der Waals surface area contributed by atoms with Gasteiger partial charge in [0.25, 0.3) is 5.91 Å². The van der Waals surface area contributed by atoms with E-state index in [1.807, 2.05) is 30.3 Å². The predicted molar refractivity (Wildman–Crippen MR) is 147 cm³/mol. The molecule has 1 N–H and O–H groups in total. The number of anilines is 3.